The number of rotatable bonds is 2. The quantitative estimate of drug-likeness (QED) is 0.567. The van der Waals surface area contributed by atoms with Gasteiger partial charge in [-0.25, -0.2) is 0 Å². The number of aromatic amines is 1. The second-order valence-electron chi connectivity index (χ2n) is 2.25. The molecule has 3 N–H and O–H groups in total. The van der Waals surface area contributed by atoms with E-state index in [1.54, 1.807) is 0 Å². The molecular formula is C7H7NO4. The molecule has 1 aromatic rings. The molecule has 1 rings (SSSR count). The van der Waals surface area contributed by atoms with Crippen LogP contribution in [0.4, 0.5) is 0 Å². The molecule has 0 fully saturated rings. The summed E-state index contributed by atoms with van der Waals surface area (Å²) in [7, 11) is 0. The average Bonchev–Trinajstić information content (AvgIpc) is 1.98. The lowest BCUT2D eigenvalue weighted by molar-refractivity contribution is -0.136. The zero-order valence-electron chi connectivity index (χ0n) is 6.07. The van der Waals surface area contributed by atoms with Gasteiger partial charge in [-0.2, -0.15) is 0 Å². The van der Waals surface area contributed by atoms with Gasteiger partial charge in [0.15, 0.2) is 5.75 Å². The summed E-state index contributed by atoms with van der Waals surface area (Å²) in [5.74, 6) is -1.62. The van der Waals surface area contributed by atoms with Gasteiger partial charge < -0.3 is 15.2 Å². The van der Waals surface area contributed by atoms with Gasteiger partial charge in [-0.3, -0.25) is 9.59 Å². The Balaban J connectivity index is 3.08. The van der Waals surface area contributed by atoms with Crippen molar-refractivity contribution in [2.45, 2.75) is 6.42 Å². The van der Waals surface area contributed by atoms with Crippen LogP contribution in [0.25, 0.3) is 0 Å². The second-order valence-corrected chi connectivity index (χ2v) is 2.25. The first-order valence-electron chi connectivity index (χ1n) is 3.22. The summed E-state index contributed by atoms with van der Waals surface area (Å²) in [5, 5.41) is 17.4. The van der Waals surface area contributed by atoms with Crippen molar-refractivity contribution < 1.29 is 15.0 Å². The molecule has 5 nitrogen and oxygen atoms in total. The van der Waals surface area contributed by atoms with E-state index in [1.807, 2.05) is 0 Å². The van der Waals surface area contributed by atoms with Crippen LogP contribution in [0.15, 0.2) is 17.1 Å². The smallest absolute Gasteiger partial charge is 0.307 e. The van der Waals surface area contributed by atoms with E-state index in [4.69, 9.17) is 10.2 Å². The number of aliphatic carboxylic acids is 1. The van der Waals surface area contributed by atoms with Crippen LogP contribution in [0.3, 0.4) is 0 Å². The first kappa shape index (κ1) is 8.32. The summed E-state index contributed by atoms with van der Waals surface area (Å²) < 4.78 is 0. The van der Waals surface area contributed by atoms with Gasteiger partial charge in [-0.15, -0.1) is 0 Å². The number of pyridine rings is 1. The van der Waals surface area contributed by atoms with Gasteiger partial charge in [0, 0.05) is 11.8 Å². The van der Waals surface area contributed by atoms with Crippen LogP contribution in [-0.4, -0.2) is 21.2 Å². The van der Waals surface area contributed by atoms with Crippen molar-refractivity contribution >= 4 is 5.97 Å². The lowest BCUT2D eigenvalue weighted by atomic mass is 10.2. The number of aromatic nitrogens is 1. The molecule has 0 unspecified atom stereocenters. The summed E-state index contributed by atoms with van der Waals surface area (Å²) in [5.41, 5.74) is -0.556. The van der Waals surface area contributed by atoms with E-state index in [0.717, 1.165) is 0 Å². The van der Waals surface area contributed by atoms with Crippen molar-refractivity contribution in [3.63, 3.8) is 0 Å². The molecule has 0 radical (unpaired) electrons. The van der Waals surface area contributed by atoms with Crippen LogP contribution in [0.2, 0.25) is 0 Å². The molecule has 1 heterocycles. The van der Waals surface area contributed by atoms with E-state index in [2.05, 4.69) is 4.98 Å². The minimum Gasteiger partial charge on any atom is -0.503 e. The molecule has 0 saturated heterocycles. The minimum atomic E-state index is -1.09. The highest BCUT2D eigenvalue weighted by atomic mass is 16.4. The van der Waals surface area contributed by atoms with Crippen LogP contribution in [0.5, 0.6) is 5.75 Å². The SMILES string of the molecule is O=C(O)Cc1cc[nH]c(=O)c1O. The van der Waals surface area contributed by atoms with Gasteiger partial charge in [-0.05, 0) is 6.07 Å². The molecule has 0 saturated carbocycles. The van der Waals surface area contributed by atoms with Crippen molar-refractivity contribution in [2.24, 2.45) is 0 Å². The fraction of sp³-hybridized carbons (Fsp3) is 0.143. The maximum absolute atomic E-state index is 10.7. The van der Waals surface area contributed by atoms with Gasteiger partial charge in [0.25, 0.3) is 5.56 Å². The molecule has 0 aromatic carbocycles. The predicted octanol–water partition coefficient (Wildman–Crippen LogP) is -0.292. The summed E-state index contributed by atoms with van der Waals surface area (Å²) in [6.07, 6.45) is 0.941. The Morgan fingerprint density at radius 1 is 1.58 bits per heavy atom. The van der Waals surface area contributed by atoms with Crippen molar-refractivity contribution in [1.29, 1.82) is 0 Å². The third-order valence-corrected chi connectivity index (χ3v) is 1.36. The van der Waals surface area contributed by atoms with E-state index in [9.17, 15) is 9.59 Å². The van der Waals surface area contributed by atoms with Crippen LogP contribution in [0, 0.1) is 0 Å². The third kappa shape index (κ3) is 1.63. The molecule has 12 heavy (non-hydrogen) atoms. The van der Waals surface area contributed by atoms with E-state index < -0.39 is 17.3 Å². The monoisotopic (exact) mass is 169 g/mol. The van der Waals surface area contributed by atoms with Crippen molar-refractivity contribution in [3.05, 3.63) is 28.2 Å². The summed E-state index contributed by atoms with van der Waals surface area (Å²) in [6, 6.07) is 1.35. The van der Waals surface area contributed by atoms with Crippen LogP contribution < -0.4 is 5.56 Å². The number of nitrogens with one attached hydrogen (secondary N) is 1. The van der Waals surface area contributed by atoms with E-state index in [-0.39, 0.29) is 12.0 Å². The average molecular weight is 169 g/mol. The van der Waals surface area contributed by atoms with Gasteiger partial charge in [0.1, 0.15) is 0 Å². The first-order valence-corrected chi connectivity index (χ1v) is 3.22. The summed E-state index contributed by atoms with van der Waals surface area (Å²) in [4.78, 5) is 23.1. The number of carbonyl (C=O) groups is 1. The first-order chi connectivity index (χ1) is 5.61. The highest BCUT2D eigenvalue weighted by Gasteiger charge is 2.07. The molecule has 0 bridgehead atoms. The number of carboxylic acids is 1. The second kappa shape index (κ2) is 3.08. The van der Waals surface area contributed by atoms with E-state index in [1.165, 1.54) is 12.3 Å². The minimum absolute atomic E-state index is 0.117. The number of carboxylic acid groups (broad SMARTS) is 1. The van der Waals surface area contributed by atoms with Gasteiger partial charge in [0.05, 0.1) is 6.42 Å². The topological polar surface area (TPSA) is 90.4 Å². The third-order valence-electron chi connectivity index (χ3n) is 1.36. The fourth-order valence-corrected chi connectivity index (χ4v) is 0.817. The Hall–Kier alpha value is -1.78. The zero-order valence-corrected chi connectivity index (χ0v) is 6.07. The molecule has 0 atom stereocenters. The molecule has 0 spiro atoms. The number of H-pyrrole nitrogens is 1. The lowest BCUT2D eigenvalue weighted by Gasteiger charge is -1.97. The van der Waals surface area contributed by atoms with Gasteiger partial charge in [-0.1, -0.05) is 0 Å². The normalized spacial score (nSPS) is 9.67. The lowest BCUT2D eigenvalue weighted by Crippen LogP contribution is -2.09. The fourth-order valence-electron chi connectivity index (χ4n) is 0.817. The summed E-state index contributed by atoms with van der Waals surface area (Å²) in [6.45, 7) is 0. The maximum atomic E-state index is 10.7. The molecule has 64 valence electrons. The highest BCUT2D eigenvalue weighted by Crippen LogP contribution is 2.09. The summed E-state index contributed by atoms with van der Waals surface area (Å²) >= 11 is 0. The Morgan fingerprint density at radius 2 is 2.25 bits per heavy atom. The molecule has 0 aliphatic heterocycles. The van der Waals surface area contributed by atoms with E-state index >= 15 is 0 Å². The van der Waals surface area contributed by atoms with Crippen LogP contribution >= 0.6 is 0 Å². The largest absolute Gasteiger partial charge is 0.503 e. The maximum Gasteiger partial charge on any atom is 0.307 e. The molecular weight excluding hydrogens is 162 g/mol. The zero-order chi connectivity index (χ0) is 9.14. The molecule has 0 aliphatic rings. The van der Waals surface area contributed by atoms with Gasteiger partial charge >= 0.3 is 5.97 Å². The Morgan fingerprint density at radius 3 is 2.83 bits per heavy atom. The van der Waals surface area contributed by atoms with Crippen LogP contribution in [0.1, 0.15) is 5.56 Å². The van der Waals surface area contributed by atoms with E-state index in [0.29, 0.717) is 0 Å². The molecule has 5 heteroatoms. The number of hydrogen-bond donors (Lipinski definition) is 3. The number of aromatic hydroxyl groups is 1. The Labute approximate surface area is 67.3 Å². The molecule has 0 amide bonds. The standard InChI is InChI=1S/C7H7NO4/c9-5(10)3-4-1-2-8-7(12)6(4)11/h1-2,11H,3H2,(H,8,12)(H,9,10). The molecule has 0 aliphatic carbocycles. The predicted molar refractivity (Wildman–Crippen MR) is 40.1 cm³/mol. The van der Waals surface area contributed by atoms with Crippen molar-refractivity contribution in [3.8, 4) is 5.75 Å². The Kier molecular flexibility index (Phi) is 2.14. The van der Waals surface area contributed by atoms with Crippen molar-refractivity contribution in [2.75, 3.05) is 0 Å². The van der Waals surface area contributed by atoms with Gasteiger partial charge in [0.2, 0.25) is 0 Å². The Bertz CT molecular complexity index is 355. The van der Waals surface area contributed by atoms with Crippen LogP contribution in [-0.2, 0) is 11.2 Å². The number of hydrogen-bond acceptors (Lipinski definition) is 3. The van der Waals surface area contributed by atoms with Crippen molar-refractivity contribution in [1.82, 2.24) is 4.98 Å². The molecule has 1 aromatic heterocycles. The highest BCUT2D eigenvalue weighted by molar-refractivity contribution is 5.71.